The van der Waals surface area contributed by atoms with Crippen LogP contribution >= 0.6 is 0 Å². The lowest BCUT2D eigenvalue weighted by Crippen LogP contribution is -2.45. The van der Waals surface area contributed by atoms with E-state index in [0.29, 0.717) is 24.8 Å². The van der Waals surface area contributed by atoms with Crippen molar-refractivity contribution in [3.05, 3.63) is 22.7 Å². The Bertz CT molecular complexity index is 441. The molecule has 1 heterocycles. The molecule has 0 fully saturated rings. The van der Waals surface area contributed by atoms with E-state index in [1.54, 1.807) is 17.0 Å². The largest absolute Gasteiger partial charge is 0.359 e. The molecule has 1 atom stereocenters. The van der Waals surface area contributed by atoms with Gasteiger partial charge in [0.1, 0.15) is 0 Å². The highest BCUT2D eigenvalue weighted by Crippen LogP contribution is 2.18. The van der Waals surface area contributed by atoms with Crippen molar-refractivity contribution in [1.29, 1.82) is 0 Å². The number of nitrogens with zero attached hydrogens (tertiary/aromatic N) is 2. The molecule has 0 saturated heterocycles. The molecule has 0 spiro atoms. The second-order valence-corrected chi connectivity index (χ2v) is 5.35. The van der Waals surface area contributed by atoms with Gasteiger partial charge in [-0.1, -0.05) is 13.8 Å². The molecular formula is C13H24N4O. The van der Waals surface area contributed by atoms with Gasteiger partial charge in [-0.15, -0.1) is 0 Å². The zero-order chi connectivity index (χ0) is 13.8. The van der Waals surface area contributed by atoms with Crippen molar-refractivity contribution in [3.8, 4) is 0 Å². The van der Waals surface area contributed by atoms with Crippen LogP contribution in [0, 0.1) is 5.92 Å². The number of aryl methyl sites for hydroxylation is 1. The van der Waals surface area contributed by atoms with E-state index in [1.165, 1.54) is 0 Å². The molecular weight excluding hydrogens is 228 g/mol. The van der Waals surface area contributed by atoms with Crippen LogP contribution in [0.5, 0.6) is 0 Å². The standard InChI is InChI=1S/C13H24N4O/c1-5-17-7-6-15-11(12(17)18)16-13(4,9-14)8-10(2)3/h6-7,10H,5,8-9,14H2,1-4H3,(H,15,16). The smallest absolute Gasteiger partial charge is 0.293 e. The normalized spacial score (nSPS) is 14.6. The Kier molecular flexibility index (Phi) is 4.90. The molecule has 0 aromatic carbocycles. The van der Waals surface area contributed by atoms with E-state index >= 15 is 0 Å². The van der Waals surface area contributed by atoms with Crippen molar-refractivity contribution in [3.63, 3.8) is 0 Å². The van der Waals surface area contributed by atoms with Crippen LogP contribution in [-0.4, -0.2) is 21.6 Å². The Morgan fingerprint density at radius 2 is 2.22 bits per heavy atom. The predicted octanol–water partition coefficient (Wildman–Crippen LogP) is 1.44. The van der Waals surface area contributed by atoms with E-state index < -0.39 is 0 Å². The van der Waals surface area contributed by atoms with E-state index in [4.69, 9.17) is 5.73 Å². The van der Waals surface area contributed by atoms with Crippen LogP contribution in [0.15, 0.2) is 17.2 Å². The maximum Gasteiger partial charge on any atom is 0.293 e. The molecule has 3 N–H and O–H groups in total. The first-order chi connectivity index (χ1) is 8.41. The molecule has 5 nitrogen and oxygen atoms in total. The van der Waals surface area contributed by atoms with Gasteiger partial charge in [-0.2, -0.15) is 0 Å². The van der Waals surface area contributed by atoms with Crippen molar-refractivity contribution >= 4 is 5.82 Å². The minimum atomic E-state index is -0.298. The van der Waals surface area contributed by atoms with Gasteiger partial charge in [-0.25, -0.2) is 4.98 Å². The topological polar surface area (TPSA) is 72.9 Å². The molecule has 0 aliphatic carbocycles. The highest BCUT2D eigenvalue weighted by atomic mass is 16.1. The number of anilines is 1. The third-order valence-electron chi connectivity index (χ3n) is 2.98. The van der Waals surface area contributed by atoms with Gasteiger partial charge in [-0.3, -0.25) is 4.79 Å². The van der Waals surface area contributed by atoms with Gasteiger partial charge < -0.3 is 15.6 Å². The van der Waals surface area contributed by atoms with Crippen molar-refractivity contribution in [1.82, 2.24) is 9.55 Å². The van der Waals surface area contributed by atoms with Crippen LogP contribution in [0.2, 0.25) is 0 Å². The SMILES string of the molecule is CCn1ccnc(NC(C)(CN)CC(C)C)c1=O. The Morgan fingerprint density at radius 3 is 2.72 bits per heavy atom. The average Bonchev–Trinajstić information content (AvgIpc) is 2.31. The summed E-state index contributed by atoms with van der Waals surface area (Å²) in [5.74, 6) is 0.885. The lowest BCUT2D eigenvalue weighted by molar-refractivity contribution is 0.405. The summed E-state index contributed by atoms with van der Waals surface area (Å²) in [6, 6.07) is 0. The summed E-state index contributed by atoms with van der Waals surface area (Å²) in [5, 5.41) is 3.21. The maximum absolute atomic E-state index is 12.1. The van der Waals surface area contributed by atoms with E-state index in [2.05, 4.69) is 24.1 Å². The molecule has 1 aromatic rings. The Labute approximate surface area is 108 Å². The fraction of sp³-hybridized carbons (Fsp3) is 0.692. The first-order valence-electron chi connectivity index (χ1n) is 6.45. The van der Waals surface area contributed by atoms with Crippen LogP contribution in [-0.2, 0) is 6.54 Å². The zero-order valence-corrected chi connectivity index (χ0v) is 11.7. The number of nitrogens with two attached hydrogens (primary N) is 1. The van der Waals surface area contributed by atoms with Crippen molar-refractivity contribution in [2.45, 2.75) is 46.2 Å². The van der Waals surface area contributed by atoms with Crippen LogP contribution in [0.1, 0.15) is 34.1 Å². The van der Waals surface area contributed by atoms with Crippen molar-refractivity contribution in [2.75, 3.05) is 11.9 Å². The molecule has 0 amide bonds. The first kappa shape index (κ1) is 14.7. The molecule has 0 saturated carbocycles. The quantitative estimate of drug-likeness (QED) is 0.803. The molecule has 0 radical (unpaired) electrons. The molecule has 0 bridgehead atoms. The third-order valence-corrected chi connectivity index (χ3v) is 2.98. The van der Waals surface area contributed by atoms with Crippen molar-refractivity contribution < 1.29 is 0 Å². The molecule has 1 unspecified atom stereocenters. The molecule has 18 heavy (non-hydrogen) atoms. The first-order valence-corrected chi connectivity index (χ1v) is 6.45. The van der Waals surface area contributed by atoms with Crippen LogP contribution in [0.4, 0.5) is 5.82 Å². The Balaban J connectivity index is 2.98. The fourth-order valence-corrected chi connectivity index (χ4v) is 2.15. The molecule has 1 rings (SSSR count). The average molecular weight is 252 g/mol. The summed E-state index contributed by atoms with van der Waals surface area (Å²) in [6.45, 7) is 9.34. The molecule has 5 heteroatoms. The zero-order valence-electron chi connectivity index (χ0n) is 11.7. The van der Waals surface area contributed by atoms with E-state index in [1.807, 2.05) is 13.8 Å². The lowest BCUT2D eigenvalue weighted by atomic mass is 9.91. The van der Waals surface area contributed by atoms with Crippen LogP contribution in [0.25, 0.3) is 0 Å². The highest BCUT2D eigenvalue weighted by molar-refractivity contribution is 5.35. The summed E-state index contributed by atoms with van der Waals surface area (Å²) in [5.41, 5.74) is 5.43. The summed E-state index contributed by atoms with van der Waals surface area (Å²) < 4.78 is 1.63. The second-order valence-electron chi connectivity index (χ2n) is 5.35. The minimum absolute atomic E-state index is 0.0940. The number of hydrogen-bond donors (Lipinski definition) is 2. The highest BCUT2D eigenvalue weighted by Gasteiger charge is 2.25. The summed E-state index contributed by atoms with van der Waals surface area (Å²) >= 11 is 0. The molecule has 1 aromatic heterocycles. The van der Waals surface area contributed by atoms with Gasteiger partial charge in [0, 0.05) is 31.0 Å². The third kappa shape index (κ3) is 3.57. The van der Waals surface area contributed by atoms with E-state index in [9.17, 15) is 4.79 Å². The number of rotatable bonds is 6. The van der Waals surface area contributed by atoms with E-state index in [-0.39, 0.29) is 11.1 Å². The van der Waals surface area contributed by atoms with Crippen LogP contribution in [0.3, 0.4) is 0 Å². The number of hydrogen-bond acceptors (Lipinski definition) is 4. The second kappa shape index (κ2) is 6.00. The lowest BCUT2D eigenvalue weighted by Gasteiger charge is -2.31. The number of aromatic nitrogens is 2. The van der Waals surface area contributed by atoms with Gasteiger partial charge in [-0.05, 0) is 26.2 Å². The predicted molar refractivity (Wildman–Crippen MR) is 74.7 cm³/mol. The number of nitrogens with one attached hydrogen (secondary N) is 1. The van der Waals surface area contributed by atoms with Gasteiger partial charge in [0.25, 0.3) is 5.56 Å². The monoisotopic (exact) mass is 252 g/mol. The van der Waals surface area contributed by atoms with Gasteiger partial charge in [0.15, 0.2) is 5.82 Å². The molecule has 102 valence electrons. The molecule has 0 aliphatic heterocycles. The maximum atomic E-state index is 12.1. The Morgan fingerprint density at radius 1 is 1.56 bits per heavy atom. The van der Waals surface area contributed by atoms with E-state index in [0.717, 1.165) is 6.42 Å². The fourth-order valence-electron chi connectivity index (χ4n) is 2.15. The van der Waals surface area contributed by atoms with Gasteiger partial charge in [0.05, 0.1) is 0 Å². The summed E-state index contributed by atoms with van der Waals surface area (Å²) in [4.78, 5) is 16.2. The van der Waals surface area contributed by atoms with Gasteiger partial charge in [0.2, 0.25) is 0 Å². The summed E-state index contributed by atoms with van der Waals surface area (Å²) in [6.07, 6.45) is 4.22. The van der Waals surface area contributed by atoms with Crippen LogP contribution < -0.4 is 16.6 Å². The minimum Gasteiger partial charge on any atom is -0.359 e. The van der Waals surface area contributed by atoms with Crippen molar-refractivity contribution in [2.24, 2.45) is 11.7 Å². The summed E-state index contributed by atoms with van der Waals surface area (Å²) in [7, 11) is 0. The molecule has 0 aliphatic rings. The van der Waals surface area contributed by atoms with Gasteiger partial charge >= 0.3 is 0 Å². The Hall–Kier alpha value is -1.36.